The molecule has 13 heteroatoms. The first-order valence-electron chi connectivity index (χ1n) is 16.7. The largest absolute Gasteiger partial charge is 0.475 e. The van der Waals surface area contributed by atoms with Crippen LogP contribution in [-0.4, -0.2) is 97.2 Å². The van der Waals surface area contributed by atoms with E-state index in [4.69, 9.17) is 15.1 Å². The predicted octanol–water partition coefficient (Wildman–Crippen LogP) is 4.59. The first-order chi connectivity index (χ1) is 23.6. The maximum absolute atomic E-state index is 14.0. The number of carbonyl (C=O) groups is 2. The van der Waals surface area contributed by atoms with E-state index in [1.165, 1.54) is 5.57 Å². The highest BCUT2D eigenvalue weighted by Crippen LogP contribution is 2.42. The normalized spacial score (nSPS) is 19.7. The van der Waals surface area contributed by atoms with Gasteiger partial charge in [-0.05, 0) is 69.8 Å². The van der Waals surface area contributed by atoms with Gasteiger partial charge >= 0.3 is 0 Å². The van der Waals surface area contributed by atoms with Crippen LogP contribution in [-0.2, 0) is 16.6 Å². The lowest BCUT2D eigenvalue weighted by Gasteiger charge is -2.28. The molecule has 254 valence electrons. The van der Waals surface area contributed by atoms with Crippen molar-refractivity contribution in [3.63, 3.8) is 0 Å². The number of likely N-dealkylation sites (tertiary alicyclic amines) is 1. The lowest BCUT2D eigenvalue weighted by atomic mass is 9.85. The van der Waals surface area contributed by atoms with Crippen LogP contribution in [0, 0.1) is 17.7 Å². The molecule has 7 heterocycles. The van der Waals surface area contributed by atoms with Crippen LogP contribution in [0.15, 0.2) is 55.3 Å². The van der Waals surface area contributed by atoms with Crippen LogP contribution in [0.4, 0.5) is 5.82 Å². The second kappa shape index (κ2) is 13.3. The molecule has 2 fully saturated rings. The molecule has 0 saturated carbocycles. The molecule has 0 aliphatic carbocycles. The summed E-state index contributed by atoms with van der Waals surface area (Å²) in [5.41, 5.74) is 3.80. The number of aromatic nitrogens is 5. The molecule has 0 bridgehead atoms. The highest BCUT2D eigenvalue weighted by molar-refractivity contribution is 7.16. The van der Waals surface area contributed by atoms with Gasteiger partial charge in [0.25, 0.3) is 0 Å². The van der Waals surface area contributed by atoms with Crippen molar-refractivity contribution in [2.24, 2.45) is 12.5 Å². The summed E-state index contributed by atoms with van der Waals surface area (Å²) in [6.45, 7) is 9.13. The molecule has 1 atom stereocenters. The summed E-state index contributed by atoms with van der Waals surface area (Å²) in [7, 11) is 1.95. The Balaban J connectivity index is 0.958. The quantitative estimate of drug-likeness (QED) is 0.254. The van der Waals surface area contributed by atoms with Gasteiger partial charge in [0.05, 0.1) is 46.4 Å². The molecule has 1 spiro atoms. The molecule has 2 saturated heterocycles. The molecule has 3 aliphatic rings. The number of hydrogen-bond acceptors (Lipinski definition) is 10. The van der Waals surface area contributed by atoms with Crippen molar-refractivity contribution >= 4 is 40.3 Å². The highest BCUT2D eigenvalue weighted by Gasteiger charge is 2.51. The van der Waals surface area contributed by atoms with E-state index in [0.717, 1.165) is 27.6 Å². The third-order valence-corrected chi connectivity index (χ3v) is 10.7. The van der Waals surface area contributed by atoms with Gasteiger partial charge in [0, 0.05) is 63.4 Å². The van der Waals surface area contributed by atoms with Crippen molar-refractivity contribution < 1.29 is 14.3 Å². The average Bonchev–Trinajstić information content (AvgIpc) is 3.90. The van der Waals surface area contributed by atoms with Gasteiger partial charge in [-0.1, -0.05) is 12.1 Å². The highest BCUT2D eigenvalue weighted by atomic mass is 32.1. The third-order valence-electron chi connectivity index (χ3n) is 9.58. The fourth-order valence-electron chi connectivity index (χ4n) is 6.87. The minimum atomic E-state index is -0.526. The molecular formula is C36H41N9O3S. The van der Waals surface area contributed by atoms with Crippen LogP contribution in [0.2, 0.25) is 0 Å². The van der Waals surface area contributed by atoms with Gasteiger partial charge in [-0.25, -0.2) is 19.9 Å². The second-order valence-electron chi connectivity index (χ2n) is 13.5. The molecule has 12 nitrogen and oxygen atoms in total. The van der Waals surface area contributed by atoms with Crippen molar-refractivity contribution in [1.29, 1.82) is 5.41 Å². The zero-order valence-corrected chi connectivity index (χ0v) is 29.2. The minimum absolute atomic E-state index is 0.00999. The Hall–Kier alpha value is -4.75. The molecule has 1 N–H and O–H groups in total. The number of pyridine rings is 2. The molecule has 0 unspecified atom stereocenters. The number of imidazole rings is 1. The lowest BCUT2D eigenvalue weighted by molar-refractivity contribution is -0.132. The number of carbonyl (C=O) groups excluding carboxylic acids is 2. The number of hydrogen-bond donors (Lipinski definition) is 1. The zero-order chi connectivity index (χ0) is 34.3. The molecule has 49 heavy (non-hydrogen) atoms. The van der Waals surface area contributed by atoms with E-state index in [-0.39, 0.29) is 23.6 Å². The topological polar surface area (TPSA) is 133 Å². The average molecular weight is 680 g/mol. The Morgan fingerprint density at radius 3 is 2.63 bits per heavy atom. The molecule has 0 radical (unpaired) electrons. The van der Waals surface area contributed by atoms with Crippen LogP contribution >= 0.6 is 11.3 Å². The van der Waals surface area contributed by atoms with Crippen LogP contribution in [0.25, 0.3) is 16.1 Å². The Morgan fingerprint density at radius 2 is 1.92 bits per heavy atom. The number of amides is 2. The summed E-state index contributed by atoms with van der Waals surface area (Å²) >= 11 is 1.63. The Morgan fingerprint density at radius 1 is 1.08 bits per heavy atom. The molecule has 4 aromatic rings. The van der Waals surface area contributed by atoms with E-state index in [9.17, 15) is 9.59 Å². The Bertz CT molecular complexity index is 1930. The van der Waals surface area contributed by atoms with Crippen molar-refractivity contribution in [3.05, 3.63) is 77.1 Å². The standard InChI is InChI=1S/C36H41N9O3S/c1-23(2)48-30-8-6-26(17-38-30)32(37)33-24(3)5-7-29(41-33)45-16-12-36(35(45)47)11-15-43(21-36)20-31(46)44-13-9-25(10-14-44)34-39-18-28(49-34)27-19-42(4)22-40-27/h5-9,17-19,22-23,37H,10-16,20-21H2,1-4H3/t36-/m0/s1. The van der Waals surface area contributed by atoms with E-state index >= 15 is 0 Å². The summed E-state index contributed by atoms with van der Waals surface area (Å²) in [5.74, 6) is 1.20. The summed E-state index contributed by atoms with van der Waals surface area (Å²) in [6.07, 6.45) is 11.6. The third kappa shape index (κ3) is 6.64. The predicted molar refractivity (Wildman–Crippen MR) is 189 cm³/mol. The number of ether oxygens (including phenoxy) is 1. The lowest BCUT2D eigenvalue weighted by Crippen LogP contribution is -2.43. The molecule has 7 rings (SSSR count). The molecular weight excluding hydrogens is 639 g/mol. The van der Waals surface area contributed by atoms with Gasteiger partial charge in [0.15, 0.2) is 0 Å². The van der Waals surface area contributed by atoms with E-state index in [2.05, 4.69) is 25.9 Å². The van der Waals surface area contributed by atoms with Gasteiger partial charge in [-0.15, -0.1) is 11.3 Å². The summed E-state index contributed by atoms with van der Waals surface area (Å²) in [6, 6.07) is 7.35. The number of thiazole rings is 1. The smallest absolute Gasteiger partial charge is 0.237 e. The monoisotopic (exact) mass is 679 g/mol. The Kier molecular flexibility index (Phi) is 8.88. The molecule has 0 aromatic carbocycles. The van der Waals surface area contributed by atoms with Gasteiger partial charge in [0.2, 0.25) is 17.7 Å². The van der Waals surface area contributed by atoms with Crippen LogP contribution in [0.1, 0.15) is 54.9 Å². The summed E-state index contributed by atoms with van der Waals surface area (Å²) < 4.78 is 7.57. The van der Waals surface area contributed by atoms with Crippen LogP contribution < -0.4 is 9.64 Å². The molecule has 4 aromatic heterocycles. The van der Waals surface area contributed by atoms with Crippen LogP contribution in [0.5, 0.6) is 5.88 Å². The number of nitrogens with one attached hydrogen (secondary N) is 1. The van der Waals surface area contributed by atoms with Crippen molar-refractivity contribution in [1.82, 2.24) is 34.3 Å². The number of rotatable bonds is 9. The fourth-order valence-corrected chi connectivity index (χ4v) is 7.82. The number of nitrogens with zero attached hydrogens (tertiary/aromatic N) is 8. The van der Waals surface area contributed by atoms with Gasteiger partial charge in [-0.2, -0.15) is 0 Å². The molecule has 3 aliphatic heterocycles. The zero-order valence-electron chi connectivity index (χ0n) is 28.3. The van der Waals surface area contributed by atoms with E-state index in [0.29, 0.717) is 75.1 Å². The molecule has 2 amide bonds. The van der Waals surface area contributed by atoms with Gasteiger partial charge in [-0.3, -0.25) is 24.8 Å². The van der Waals surface area contributed by atoms with Crippen molar-refractivity contribution in [2.75, 3.05) is 44.2 Å². The van der Waals surface area contributed by atoms with Crippen molar-refractivity contribution in [3.8, 4) is 16.5 Å². The number of anilines is 1. The first-order valence-corrected chi connectivity index (χ1v) is 17.6. The maximum Gasteiger partial charge on any atom is 0.237 e. The second-order valence-corrected chi connectivity index (χ2v) is 14.5. The van der Waals surface area contributed by atoms with Gasteiger partial charge < -0.3 is 14.2 Å². The van der Waals surface area contributed by atoms with E-state index in [1.807, 2.05) is 67.9 Å². The maximum atomic E-state index is 14.0. The van der Waals surface area contributed by atoms with Crippen LogP contribution in [0.3, 0.4) is 0 Å². The summed E-state index contributed by atoms with van der Waals surface area (Å²) in [5, 5.41) is 9.85. The van der Waals surface area contributed by atoms with Gasteiger partial charge in [0.1, 0.15) is 10.8 Å². The fraction of sp³-hybridized carbons (Fsp3) is 0.417. The van der Waals surface area contributed by atoms with E-state index < -0.39 is 5.41 Å². The van der Waals surface area contributed by atoms with Crippen molar-refractivity contribution in [2.45, 2.75) is 46.1 Å². The number of aryl methyl sites for hydroxylation is 2. The summed E-state index contributed by atoms with van der Waals surface area (Å²) in [4.78, 5) is 52.4. The first kappa shape index (κ1) is 32.8. The minimum Gasteiger partial charge on any atom is -0.475 e. The van der Waals surface area contributed by atoms with E-state index in [1.54, 1.807) is 34.8 Å². The Labute approximate surface area is 290 Å². The SMILES string of the molecule is Cc1ccc(N2CC[C@]3(CCN(CC(=O)N4CC=C(c5ncc(-c6cn(C)cn6)s5)CC4)C3)C2=O)nc1C(=N)c1ccc(OC(C)C)nc1.